The molecule has 2 aromatic carbocycles. The van der Waals surface area contributed by atoms with Crippen LogP contribution in [0.15, 0.2) is 60.8 Å². The van der Waals surface area contributed by atoms with E-state index in [9.17, 15) is 4.79 Å². The van der Waals surface area contributed by atoms with Gasteiger partial charge in [0.05, 0.1) is 0 Å². The summed E-state index contributed by atoms with van der Waals surface area (Å²) in [5.41, 5.74) is 6.37. The molecule has 0 aliphatic rings. The summed E-state index contributed by atoms with van der Waals surface area (Å²) in [5.74, 6) is -0.224. The number of rotatable bonds is 4. The molecular formula is C21H21N3O. The first kappa shape index (κ1) is 16.7. The van der Waals surface area contributed by atoms with Gasteiger partial charge in [0.2, 0.25) is 0 Å². The molecule has 2 N–H and O–H groups in total. The van der Waals surface area contributed by atoms with Gasteiger partial charge in [-0.3, -0.25) is 9.78 Å². The molecule has 0 saturated carbocycles. The Hall–Kier alpha value is -3.14. The van der Waals surface area contributed by atoms with Crippen molar-refractivity contribution in [3.8, 4) is 0 Å². The quantitative estimate of drug-likeness (QED) is 0.707. The number of pyridine rings is 1. The van der Waals surface area contributed by atoms with Gasteiger partial charge in [0, 0.05) is 23.3 Å². The number of carbonyl (C=O) groups excluding carboxylic acids is 1. The monoisotopic (exact) mass is 331 g/mol. The van der Waals surface area contributed by atoms with E-state index in [1.54, 1.807) is 12.3 Å². The minimum atomic E-state index is -0.224. The predicted molar refractivity (Wildman–Crippen MR) is 103 cm³/mol. The van der Waals surface area contributed by atoms with E-state index in [0.717, 1.165) is 28.2 Å². The Morgan fingerprint density at radius 1 is 0.760 bits per heavy atom. The molecule has 3 aromatic rings. The van der Waals surface area contributed by atoms with Gasteiger partial charge >= 0.3 is 0 Å². The van der Waals surface area contributed by atoms with Crippen LogP contribution in [0.4, 0.5) is 17.1 Å². The summed E-state index contributed by atoms with van der Waals surface area (Å²) < 4.78 is 0. The van der Waals surface area contributed by atoms with Gasteiger partial charge in [0.25, 0.3) is 5.91 Å². The zero-order valence-electron chi connectivity index (χ0n) is 14.6. The van der Waals surface area contributed by atoms with E-state index in [2.05, 4.69) is 21.7 Å². The van der Waals surface area contributed by atoms with E-state index in [0.29, 0.717) is 5.69 Å². The molecule has 0 aliphatic carbocycles. The maximum Gasteiger partial charge on any atom is 0.274 e. The lowest BCUT2D eigenvalue weighted by molar-refractivity contribution is 0.102. The first-order valence-electron chi connectivity index (χ1n) is 8.19. The Balaban J connectivity index is 1.76. The molecule has 0 fully saturated rings. The van der Waals surface area contributed by atoms with Crippen molar-refractivity contribution in [3.63, 3.8) is 0 Å². The van der Waals surface area contributed by atoms with Crippen molar-refractivity contribution in [1.29, 1.82) is 0 Å². The molecule has 4 nitrogen and oxygen atoms in total. The lowest BCUT2D eigenvalue weighted by atomic mass is 10.1. The van der Waals surface area contributed by atoms with Gasteiger partial charge < -0.3 is 10.6 Å². The number of aryl methyl sites for hydroxylation is 3. The van der Waals surface area contributed by atoms with Crippen LogP contribution in [0.5, 0.6) is 0 Å². The fourth-order valence-electron chi connectivity index (χ4n) is 2.68. The molecule has 4 heteroatoms. The fourth-order valence-corrected chi connectivity index (χ4v) is 2.68. The highest BCUT2D eigenvalue weighted by atomic mass is 16.1. The van der Waals surface area contributed by atoms with Gasteiger partial charge in [0.1, 0.15) is 5.69 Å². The Morgan fingerprint density at radius 2 is 1.44 bits per heavy atom. The maximum atomic E-state index is 12.5. The third-order valence-corrected chi connectivity index (χ3v) is 3.81. The van der Waals surface area contributed by atoms with Gasteiger partial charge in [-0.15, -0.1) is 0 Å². The fraction of sp³-hybridized carbons (Fsp3) is 0.143. The van der Waals surface area contributed by atoms with E-state index in [1.807, 2.05) is 63.2 Å². The number of nitrogens with zero attached hydrogens (tertiary/aromatic N) is 1. The molecule has 25 heavy (non-hydrogen) atoms. The molecule has 1 aromatic heterocycles. The lowest BCUT2D eigenvalue weighted by Gasteiger charge is -2.10. The highest BCUT2D eigenvalue weighted by Crippen LogP contribution is 2.19. The molecule has 126 valence electrons. The van der Waals surface area contributed by atoms with Gasteiger partial charge in [-0.25, -0.2) is 0 Å². The smallest absolute Gasteiger partial charge is 0.274 e. The van der Waals surface area contributed by atoms with Crippen molar-refractivity contribution in [1.82, 2.24) is 4.98 Å². The average Bonchev–Trinajstić information content (AvgIpc) is 2.56. The topological polar surface area (TPSA) is 54.0 Å². The van der Waals surface area contributed by atoms with Gasteiger partial charge in [-0.05, 0) is 68.3 Å². The van der Waals surface area contributed by atoms with Gasteiger partial charge in [0.15, 0.2) is 0 Å². The maximum absolute atomic E-state index is 12.5. The lowest BCUT2D eigenvalue weighted by Crippen LogP contribution is -2.14. The molecular weight excluding hydrogens is 310 g/mol. The van der Waals surface area contributed by atoms with Crippen LogP contribution >= 0.6 is 0 Å². The Morgan fingerprint density at radius 3 is 2.12 bits per heavy atom. The number of carbonyl (C=O) groups is 1. The van der Waals surface area contributed by atoms with Crippen LogP contribution in [0.3, 0.4) is 0 Å². The van der Waals surface area contributed by atoms with Crippen molar-refractivity contribution >= 4 is 23.0 Å². The summed E-state index contributed by atoms with van der Waals surface area (Å²) in [4.78, 5) is 16.7. The Kier molecular flexibility index (Phi) is 4.80. The first-order chi connectivity index (χ1) is 12.0. The summed E-state index contributed by atoms with van der Waals surface area (Å²) in [6, 6.07) is 17.6. The van der Waals surface area contributed by atoms with Gasteiger partial charge in [-0.2, -0.15) is 0 Å². The van der Waals surface area contributed by atoms with Crippen molar-refractivity contribution in [2.45, 2.75) is 20.8 Å². The standard InChI is InChI=1S/C21H21N3O/c1-14-4-6-17(7-5-14)23-18-8-9-22-20(13-18)21(25)24-19-11-15(2)10-16(3)12-19/h4-13H,1-3H3,(H,22,23)(H,24,25). The van der Waals surface area contributed by atoms with Crippen LogP contribution in [0.1, 0.15) is 27.2 Å². The third-order valence-electron chi connectivity index (χ3n) is 3.81. The zero-order valence-corrected chi connectivity index (χ0v) is 14.6. The van der Waals surface area contributed by atoms with Crippen molar-refractivity contribution in [2.24, 2.45) is 0 Å². The minimum Gasteiger partial charge on any atom is -0.355 e. The minimum absolute atomic E-state index is 0.224. The van der Waals surface area contributed by atoms with Crippen molar-refractivity contribution in [3.05, 3.63) is 83.2 Å². The van der Waals surface area contributed by atoms with Crippen LogP contribution in [0.2, 0.25) is 0 Å². The Bertz CT molecular complexity index is 881. The molecule has 0 radical (unpaired) electrons. The molecule has 0 bridgehead atoms. The highest BCUT2D eigenvalue weighted by Gasteiger charge is 2.09. The van der Waals surface area contributed by atoms with Crippen LogP contribution in [0.25, 0.3) is 0 Å². The average molecular weight is 331 g/mol. The molecule has 3 rings (SSSR count). The first-order valence-corrected chi connectivity index (χ1v) is 8.19. The number of aromatic nitrogens is 1. The number of anilines is 3. The van der Waals surface area contributed by atoms with E-state index >= 15 is 0 Å². The van der Waals surface area contributed by atoms with Crippen LogP contribution in [0, 0.1) is 20.8 Å². The predicted octanol–water partition coefficient (Wildman–Crippen LogP) is 5.00. The van der Waals surface area contributed by atoms with Crippen LogP contribution in [-0.2, 0) is 0 Å². The molecule has 0 atom stereocenters. The van der Waals surface area contributed by atoms with Crippen molar-refractivity contribution in [2.75, 3.05) is 10.6 Å². The van der Waals surface area contributed by atoms with E-state index in [-0.39, 0.29) is 5.91 Å². The Labute approximate surface area is 147 Å². The number of hydrogen-bond acceptors (Lipinski definition) is 3. The third kappa shape index (κ3) is 4.44. The molecule has 0 unspecified atom stereocenters. The molecule has 1 amide bonds. The van der Waals surface area contributed by atoms with Gasteiger partial charge in [-0.1, -0.05) is 23.8 Å². The van der Waals surface area contributed by atoms with Crippen LogP contribution < -0.4 is 10.6 Å². The van der Waals surface area contributed by atoms with E-state index < -0.39 is 0 Å². The van der Waals surface area contributed by atoms with Crippen molar-refractivity contribution < 1.29 is 4.79 Å². The summed E-state index contributed by atoms with van der Waals surface area (Å²) in [7, 11) is 0. The van der Waals surface area contributed by atoms with E-state index in [1.165, 1.54) is 5.56 Å². The second-order valence-corrected chi connectivity index (χ2v) is 6.25. The summed E-state index contributed by atoms with van der Waals surface area (Å²) in [6.45, 7) is 6.06. The number of amides is 1. The highest BCUT2D eigenvalue weighted by molar-refractivity contribution is 6.03. The number of benzene rings is 2. The largest absolute Gasteiger partial charge is 0.355 e. The molecule has 0 saturated heterocycles. The SMILES string of the molecule is Cc1ccc(Nc2ccnc(C(=O)Nc3cc(C)cc(C)c3)c2)cc1. The summed E-state index contributed by atoms with van der Waals surface area (Å²) in [5, 5.41) is 6.20. The number of hydrogen-bond donors (Lipinski definition) is 2. The number of nitrogens with one attached hydrogen (secondary N) is 2. The second-order valence-electron chi connectivity index (χ2n) is 6.25. The molecule has 1 heterocycles. The van der Waals surface area contributed by atoms with Crippen LogP contribution in [-0.4, -0.2) is 10.9 Å². The second kappa shape index (κ2) is 7.18. The molecule has 0 spiro atoms. The normalized spacial score (nSPS) is 10.4. The zero-order chi connectivity index (χ0) is 17.8. The molecule has 0 aliphatic heterocycles. The summed E-state index contributed by atoms with van der Waals surface area (Å²) >= 11 is 0. The summed E-state index contributed by atoms with van der Waals surface area (Å²) in [6.07, 6.45) is 1.63. The van der Waals surface area contributed by atoms with E-state index in [4.69, 9.17) is 0 Å².